The second kappa shape index (κ2) is 9.39. The number of hydrogen-bond acceptors (Lipinski definition) is 6. The van der Waals surface area contributed by atoms with Gasteiger partial charge in [0.15, 0.2) is 0 Å². The highest BCUT2D eigenvalue weighted by Gasteiger charge is 2.31. The fourth-order valence-corrected chi connectivity index (χ4v) is 3.83. The van der Waals surface area contributed by atoms with Crippen LogP contribution in [0.5, 0.6) is 11.5 Å². The second-order valence-electron chi connectivity index (χ2n) is 7.30. The van der Waals surface area contributed by atoms with E-state index in [1.54, 1.807) is 14.2 Å². The number of nitrogens with two attached hydrogens (primary N) is 1. The predicted molar refractivity (Wildman–Crippen MR) is 103 cm³/mol. The first-order valence-corrected chi connectivity index (χ1v) is 9.67. The molecule has 2 aliphatic rings. The molecule has 2 aliphatic heterocycles. The third-order valence-corrected chi connectivity index (χ3v) is 5.56. The third kappa shape index (κ3) is 5.12. The molecule has 27 heavy (non-hydrogen) atoms. The summed E-state index contributed by atoms with van der Waals surface area (Å²) in [5.41, 5.74) is 7.40. The van der Waals surface area contributed by atoms with Crippen LogP contribution in [0.2, 0.25) is 0 Å². The molecule has 1 aromatic carbocycles. The summed E-state index contributed by atoms with van der Waals surface area (Å²) in [4.78, 5) is 17.0. The minimum absolute atomic E-state index is 0.0876. The van der Waals surface area contributed by atoms with Crippen molar-refractivity contribution in [1.29, 1.82) is 0 Å². The van der Waals surface area contributed by atoms with Gasteiger partial charge in [-0.1, -0.05) is 0 Å². The number of piperazine rings is 1. The molecule has 2 heterocycles. The van der Waals surface area contributed by atoms with E-state index in [-0.39, 0.29) is 11.8 Å². The van der Waals surface area contributed by atoms with Crippen LogP contribution in [0.25, 0.3) is 0 Å². The molecule has 1 aromatic rings. The summed E-state index contributed by atoms with van der Waals surface area (Å²) < 4.78 is 16.1. The molecule has 1 atom stereocenters. The van der Waals surface area contributed by atoms with Gasteiger partial charge in [-0.05, 0) is 36.5 Å². The maximum absolute atomic E-state index is 12.7. The second-order valence-corrected chi connectivity index (χ2v) is 7.30. The van der Waals surface area contributed by atoms with Gasteiger partial charge in [-0.25, -0.2) is 0 Å². The van der Waals surface area contributed by atoms with Crippen LogP contribution >= 0.6 is 0 Å². The van der Waals surface area contributed by atoms with E-state index >= 15 is 0 Å². The molecule has 1 amide bonds. The number of hydrogen-bond donors (Lipinski definition) is 1. The van der Waals surface area contributed by atoms with Crippen LogP contribution in [0.3, 0.4) is 0 Å². The van der Waals surface area contributed by atoms with Gasteiger partial charge in [0.25, 0.3) is 0 Å². The van der Waals surface area contributed by atoms with Crippen LogP contribution in [-0.2, 0) is 16.1 Å². The molecule has 2 saturated heterocycles. The van der Waals surface area contributed by atoms with Gasteiger partial charge in [-0.15, -0.1) is 0 Å². The van der Waals surface area contributed by atoms with E-state index in [1.807, 2.05) is 23.1 Å². The maximum Gasteiger partial charge on any atom is 0.239 e. The van der Waals surface area contributed by atoms with Gasteiger partial charge in [0.2, 0.25) is 5.91 Å². The quantitative estimate of drug-likeness (QED) is 0.800. The standard InChI is InChI=1S/C20H31N3O4/c1-25-17-11-15(12-18(13-17)26-2)14-22-5-7-23(8-6-22)20(24)19(21)16-3-9-27-10-4-16/h11-13,16,19H,3-10,14,21H2,1-2H3. The van der Waals surface area contributed by atoms with Crippen LogP contribution in [0.15, 0.2) is 18.2 Å². The van der Waals surface area contributed by atoms with E-state index in [4.69, 9.17) is 19.9 Å². The number of rotatable bonds is 6. The van der Waals surface area contributed by atoms with Crippen molar-refractivity contribution >= 4 is 5.91 Å². The van der Waals surface area contributed by atoms with Crippen LogP contribution < -0.4 is 15.2 Å². The largest absolute Gasteiger partial charge is 0.497 e. The van der Waals surface area contributed by atoms with Gasteiger partial charge in [0.1, 0.15) is 11.5 Å². The summed E-state index contributed by atoms with van der Waals surface area (Å²) in [6.07, 6.45) is 1.76. The molecule has 0 aliphatic carbocycles. The van der Waals surface area contributed by atoms with Crippen molar-refractivity contribution in [2.24, 2.45) is 11.7 Å². The van der Waals surface area contributed by atoms with Gasteiger partial charge in [-0.3, -0.25) is 9.69 Å². The zero-order chi connectivity index (χ0) is 19.2. The molecule has 150 valence electrons. The summed E-state index contributed by atoms with van der Waals surface area (Å²) in [5.74, 6) is 1.92. The van der Waals surface area contributed by atoms with Crippen LogP contribution in [0.1, 0.15) is 18.4 Å². The number of carbonyl (C=O) groups excluding carboxylic acids is 1. The van der Waals surface area contributed by atoms with E-state index in [1.165, 1.54) is 0 Å². The van der Waals surface area contributed by atoms with Crippen molar-refractivity contribution in [3.8, 4) is 11.5 Å². The Balaban J connectivity index is 1.52. The van der Waals surface area contributed by atoms with Gasteiger partial charge >= 0.3 is 0 Å². The lowest BCUT2D eigenvalue weighted by Crippen LogP contribution is -2.55. The molecule has 0 bridgehead atoms. The minimum atomic E-state index is -0.400. The lowest BCUT2D eigenvalue weighted by molar-refractivity contribution is -0.136. The number of methoxy groups -OCH3 is 2. The van der Waals surface area contributed by atoms with Crippen molar-refractivity contribution in [2.75, 3.05) is 53.6 Å². The monoisotopic (exact) mass is 377 g/mol. The first-order chi connectivity index (χ1) is 13.1. The van der Waals surface area contributed by atoms with Gasteiger partial charge in [0, 0.05) is 52.0 Å². The minimum Gasteiger partial charge on any atom is -0.497 e. The molecule has 2 N–H and O–H groups in total. The summed E-state index contributed by atoms with van der Waals surface area (Å²) in [5, 5.41) is 0. The fraction of sp³-hybridized carbons (Fsp3) is 0.650. The maximum atomic E-state index is 12.7. The molecule has 0 aromatic heterocycles. The van der Waals surface area contributed by atoms with Crippen molar-refractivity contribution in [2.45, 2.75) is 25.4 Å². The van der Waals surface area contributed by atoms with Crippen molar-refractivity contribution in [3.05, 3.63) is 23.8 Å². The normalized spacial score (nSPS) is 20.3. The highest BCUT2D eigenvalue weighted by Crippen LogP contribution is 2.24. The lowest BCUT2D eigenvalue weighted by Gasteiger charge is -2.37. The van der Waals surface area contributed by atoms with Gasteiger partial charge in [-0.2, -0.15) is 0 Å². The number of amides is 1. The highest BCUT2D eigenvalue weighted by atomic mass is 16.5. The van der Waals surface area contributed by atoms with Crippen LogP contribution in [-0.4, -0.2) is 75.4 Å². The molecular formula is C20H31N3O4. The Bertz CT molecular complexity index is 603. The van der Waals surface area contributed by atoms with Crippen molar-refractivity contribution in [3.63, 3.8) is 0 Å². The van der Waals surface area contributed by atoms with E-state index in [9.17, 15) is 4.79 Å². The summed E-state index contributed by atoms with van der Waals surface area (Å²) in [6.45, 7) is 5.35. The van der Waals surface area contributed by atoms with Crippen molar-refractivity contribution in [1.82, 2.24) is 9.80 Å². The first-order valence-electron chi connectivity index (χ1n) is 9.67. The Hall–Kier alpha value is -1.83. The summed E-state index contributed by atoms with van der Waals surface area (Å²) >= 11 is 0. The number of ether oxygens (including phenoxy) is 3. The Morgan fingerprint density at radius 3 is 2.26 bits per heavy atom. The number of benzene rings is 1. The van der Waals surface area contributed by atoms with E-state index in [0.29, 0.717) is 13.2 Å². The number of carbonyl (C=O) groups is 1. The summed E-state index contributed by atoms with van der Waals surface area (Å²) in [6, 6.07) is 5.53. The highest BCUT2D eigenvalue weighted by molar-refractivity contribution is 5.82. The predicted octanol–water partition coefficient (Wildman–Crippen LogP) is 1.10. The topological polar surface area (TPSA) is 77.3 Å². The average molecular weight is 377 g/mol. The Kier molecular flexibility index (Phi) is 6.93. The van der Waals surface area contributed by atoms with Gasteiger partial charge in [0.05, 0.1) is 20.3 Å². The van der Waals surface area contributed by atoms with E-state index in [0.717, 1.165) is 62.6 Å². The molecule has 0 radical (unpaired) electrons. The van der Waals surface area contributed by atoms with E-state index in [2.05, 4.69) is 4.90 Å². The Morgan fingerprint density at radius 1 is 1.11 bits per heavy atom. The lowest BCUT2D eigenvalue weighted by atomic mass is 9.91. The smallest absolute Gasteiger partial charge is 0.239 e. The van der Waals surface area contributed by atoms with Gasteiger partial charge < -0.3 is 24.8 Å². The Morgan fingerprint density at radius 2 is 1.70 bits per heavy atom. The average Bonchev–Trinajstić information content (AvgIpc) is 2.73. The van der Waals surface area contributed by atoms with E-state index < -0.39 is 6.04 Å². The zero-order valence-electron chi connectivity index (χ0n) is 16.4. The molecule has 2 fully saturated rings. The van der Waals surface area contributed by atoms with Crippen LogP contribution in [0.4, 0.5) is 0 Å². The van der Waals surface area contributed by atoms with Crippen LogP contribution in [0, 0.1) is 5.92 Å². The number of nitrogens with zero attached hydrogens (tertiary/aromatic N) is 2. The zero-order valence-corrected chi connectivity index (χ0v) is 16.4. The molecule has 0 saturated carbocycles. The molecule has 3 rings (SSSR count). The van der Waals surface area contributed by atoms with Crippen molar-refractivity contribution < 1.29 is 19.0 Å². The molecule has 7 nitrogen and oxygen atoms in total. The summed E-state index contributed by atoms with van der Waals surface area (Å²) in [7, 11) is 3.31. The molecular weight excluding hydrogens is 346 g/mol. The first kappa shape index (κ1) is 19.9. The Labute approximate surface area is 161 Å². The molecule has 7 heteroatoms. The molecule has 1 unspecified atom stereocenters. The third-order valence-electron chi connectivity index (χ3n) is 5.56. The fourth-order valence-electron chi connectivity index (χ4n) is 3.83. The molecule has 0 spiro atoms. The SMILES string of the molecule is COc1cc(CN2CCN(C(=O)C(N)C3CCOCC3)CC2)cc(OC)c1.